The van der Waals surface area contributed by atoms with Crippen LogP contribution in [0.2, 0.25) is 0 Å². The topological polar surface area (TPSA) is 74.7 Å². The smallest absolute Gasteiger partial charge is 0.274 e. The van der Waals surface area contributed by atoms with Gasteiger partial charge < -0.3 is 19.7 Å². The Hall–Kier alpha value is -3.16. The van der Waals surface area contributed by atoms with Gasteiger partial charge in [0, 0.05) is 38.8 Å². The van der Waals surface area contributed by atoms with E-state index in [1.807, 2.05) is 4.90 Å². The van der Waals surface area contributed by atoms with Crippen LogP contribution in [0, 0.1) is 12.7 Å². The van der Waals surface area contributed by atoms with Crippen LogP contribution < -0.4 is 15.8 Å². The fourth-order valence-electron chi connectivity index (χ4n) is 3.29. The molecule has 1 fully saturated rings. The molecule has 0 saturated carbocycles. The Labute approximate surface area is 162 Å². The molecule has 1 aliphatic heterocycles. The maximum absolute atomic E-state index is 13.9. The van der Waals surface area contributed by atoms with Gasteiger partial charge in [0.1, 0.15) is 18.0 Å². The zero-order chi connectivity index (χ0) is 20.3. The maximum Gasteiger partial charge on any atom is 0.274 e. The number of benzene rings is 1. The lowest BCUT2D eigenvalue weighted by molar-refractivity contribution is -0.132. The van der Waals surface area contributed by atoms with Crippen LogP contribution in [0.3, 0.4) is 0 Å². The van der Waals surface area contributed by atoms with Gasteiger partial charge in [0.25, 0.3) is 5.56 Å². The number of halogens is 1. The Morgan fingerprint density at radius 2 is 1.75 bits per heavy atom. The largest absolute Gasteiger partial charge is 0.366 e. The lowest BCUT2D eigenvalue weighted by Gasteiger charge is -2.36. The minimum atomic E-state index is -0.409. The van der Waals surface area contributed by atoms with Gasteiger partial charge in [-0.15, -0.1) is 0 Å². The second-order valence-electron chi connectivity index (χ2n) is 6.78. The highest BCUT2D eigenvalue weighted by atomic mass is 19.1. The Kier molecular flexibility index (Phi) is 5.77. The molecule has 3 rings (SSSR count). The molecule has 0 unspecified atom stereocenters. The van der Waals surface area contributed by atoms with Crippen molar-refractivity contribution in [1.82, 2.24) is 9.47 Å². The normalized spacial score (nSPS) is 14.1. The van der Waals surface area contributed by atoms with Gasteiger partial charge in [0.05, 0.1) is 5.69 Å². The van der Waals surface area contributed by atoms with Gasteiger partial charge in [-0.3, -0.25) is 14.4 Å². The number of pyridine rings is 1. The average Bonchev–Trinajstić information content (AvgIpc) is 2.67. The predicted octanol–water partition coefficient (Wildman–Crippen LogP) is 1.60. The van der Waals surface area contributed by atoms with E-state index >= 15 is 0 Å². The molecule has 7 nitrogen and oxygen atoms in total. The molecule has 1 N–H and O–H groups in total. The van der Waals surface area contributed by atoms with Crippen molar-refractivity contribution < 1.29 is 14.0 Å². The minimum Gasteiger partial charge on any atom is -0.366 e. The van der Waals surface area contributed by atoms with E-state index in [0.717, 1.165) is 0 Å². The first-order chi connectivity index (χ1) is 13.4. The number of amides is 2. The van der Waals surface area contributed by atoms with Gasteiger partial charge in [-0.1, -0.05) is 12.1 Å². The average molecular weight is 386 g/mol. The lowest BCUT2D eigenvalue weighted by Crippen LogP contribution is -2.50. The van der Waals surface area contributed by atoms with Crippen molar-refractivity contribution in [2.75, 3.05) is 36.4 Å². The van der Waals surface area contributed by atoms with E-state index in [4.69, 9.17) is 0 Å². The number of nitrogens with zero attached hydrogens (tertiary/aromatic N) is 3. The van der Waals surface area contributed by atoms with Crippen molar-refractivity contribution >= 4 is 23.2 Å². The van der Waals surface area contributed by atoms with E-state index in [1.165, 1.54) is 23.6 Å². The van der Waals surface area contributed by atoms with Crippen LogP contribution in [0.15, 0.2) is 41.2 Å². The van der Waals surface area contributed by atoms with Gasteiger partial charge in [-0.25, -0.2) is 4.39 Å². The highest BCUT2D eigenvalue weighted by molar-refractivity contribution is 5.88. The van der Waals surface area contributed by atoms with E-state index in [2.05, 4.69) is 5.32 Å². The molecule has 148 valence electrons. The summed E-state index contributed by atoms with van der Waals surface area (Å²) in [5, 5.41) is 2.48. The van der Waals surface area contributed by atoms with Crippen LogP contribution in [0.4, 0.5) is 15.8 Å². The number of aryl methyl sites for hydroxylation is 1. The van der Waals surface area contributed by atoms with Crippen molar-refractivity contribution in [3.8, 4) is 0 Å². The molecular weight excluding hydrogens is 363 g/mol. The van der Waals surface area contributed by atoms with E-state index in [9.17, 15) is 18.8 Å². The number of carbonyl (C=O) groups is 2. The van der Waals surface area contributed by atoms with E-state index in [0.29, 0.717) is 37.6 Å². The number of nitrogens with one attached hydrogen (secondary N) is 1. The minimum absolute atomic E-state index is 0.0994. The first kappa shape index (κ1) is 19.6. The summed E-state index contributed by atoms with van der Waals surface area (Å²) in [6.45, 7) is 4.90. The number of aromatic nitrogens is 1. The number of hydrogen-bond acceptors (Lipinski definition) is 4. The fraction of sp³-hybridized carbons (Fsp3) is 0.350. The van der Waals surface area contributed by atoms with Crippen LogP contribution >= 0.6 is 0 Å². The summed E-state index contributed by atoms with van der Waals surface area (Å²) < 4.78 is 15.3. The van der Waals surface area contributed by atoms with E-state index in [1.54, 1.807) is 36.1 Å². The van der Waals surface area contributed by atoms with E-state index < -0.39 is 5.56 Å². The van der Waals surface area contributed by atoms with Crippen molar-refractivity contribution in [1.29, 1.82) is 0 Å². The van der Waals surface area contributed by atoms with Crippen LogP contribution in [0.25, 0.3) is 0 Å². The van der Waals surface area contributed by atoms with Crippen LogP contribution in [0.5, 0.6) is 0 Å². The first-order valence-electron chi connectivity index (χ1n) is 9.12. The molecule has 0 bridgehead atoms. The third kappa shape index (κ3) is 4.21. The monoisotopic (exact) mass is 386 g/mol. The van der Waals surface area contributed by atoms with Crippen molar-refractivity contribution in [3.63, 3.8) is 0 Å². The number of carbonyl (C=O) groups excluding carboxylic acids is 2. The SMILES string of the molecule is CC(=O)Nc1ccc(C)n(CC(=O)N2CCN(c3ccccc3F)CC2)c1=O. The molecular formula is C20H23FN4O3. The van der Waals surface area contributed by atoms with Gasteiger partial charge >= 0.3 is 0 Å². The van der Waals surface area contributed by atoms with Crippen LogP contribution in [0.1, 0.15) is 12.6 Å². The predicted molar refractivity (Wildman–Crippen MR) is 105 cm³/mol. The molecule has 1 aromatic heterocycles. The van der Waals surface area contributed by atoms with Crippen molar-refractivity contribution in [2.45, 2.75) is 20.4 Å². The zero-order valence-electron chi connectivity index (χ0n) is 15.9. The summed E-state index contributed by atoms with van der Waals surface area (Å²) in [5.41, 5.74) is 0.908. The second-order valence-corrected chi connectivity index (χ2v) is 6.78. The molecule has 28 heavy (non-hydrogen) atoms. The molecule has 1 aromatic carbocycles. The Morgan fingerprint density at radius 3 is 2.39 bits per heavy atom. The quantitative estimate of drug-likeness (QED) is 0.866. The third-order valence-corrected chi connectivity index (χ3v) is 4.82. The first-order valence-corrected chi connectivity index (χ1v) is 9.12. The zero-order valence-corrected chi connectivity index (χ0v) is 15.9. The highest BCUT2D eigenvalue weighted by Crippen LogP contribution is 2.20. The maximum atomic E-state index is 13.9. The summed E-state index contributed by atoms with van der Waals surface area (Å²) in [6, 6.07) is 9.80. The number of anilines is 2. The molecule has 0 atom stereocenters. The van der Waals surface area contributed by atoms with Gasteiger partial charge in [0.2, 0.25) is 11.8 Å². The summed E-state index contributed by atoms with van der Waals surface area (Å²) in [4.78, 5) is 40.1. The van der Waals surface area contributed by atoms with E-state index in [-0.39, 0.29) is 29.9 Å². The lowest BCUT2D eigenvalue weighted by atomic mass is 10.2. The number of para-hydroxylation sites is 1. The number of hydrogen-bond donors (Lipinski definition) is 1. The molecule has 2 aromatic rings. The van der Waals surface area contributed by atoms with Crippen LogP contribution in [-0.2, 0) is 16.1 Å². The van der Waals surface area contributed by atoms with Gasteiger partial charge in [-0.2, -0.15) is 0 Å². The van der Waals surface area contributed by atoms with Gasteiger partial charge in [-0.05, 0) is 31.2 Å². The Morgan fingerprint density at radius 1 is 1.07 bits per heavy atom. The highest BCUT2D eigenvalue weighted by Gasteiger charge is 2.23. The number of piperazine rings is 1. The summed E-state index contributed by atoms with van der Waals surface area (Å²) >= 11 is 0. The molecule has 1 saturated heterocycles. The van der Waals surface area contributed by atoms with Gasteiger partial charge in [0.15, 0.2) is 0 Å². The fourth-order valence-corrected chi connectivity index (χ4v) is 3.29. The standard InChI is InChI=1S/C20H23FN4O3/c1-14-7-8-17(22-15(2)26)20(28)25(14)13-19(27)24-11-9-23(10-12-24)18-6-4-3-5-16(18)21/h3-8H,9-13H2,1-2H3,(H,22,26). The van der Waals surface area contributed by atoms with Crippen molar-refractivity contribution in [3.05, 3.63) is 58.3 Å². The van der Waals surface area contributed by atoms with Crippen molar-refractivity contribution in [2.24, 2.45) is 0 Å². The molecule has 0 radical (unpaired) electrons. The summed E-state index contributed by atoms with van der Waals surface area (Å²) in [6.07, 6.45) is 0. The Bertz CT molecular complexity index is 949. The molecule has 0 spiro atoms. The number of rotatable bonds is 4. The molecule has 1 aliphatic rings. The molecule has 0 aliphatic carbocycles. The molecule has 2 amide bonds. The third-order valence-electron chi connectivity index (χ3n) is 4.82. The Balaban J connectivity index is 1.67. The summed E-state index contributed by atoms with van der Waals surface area (Å²) in [5.74, 6) is -0.805. The van der Waals surface area contributed by atoms with Crippen LogP contribution in [-0.4, -0.2) is 47.5 Å². The molecule has 2 heterocycles. The molecule has 8 heteroatoms. The summed E-state index contributed by atoms with van der Waals surface area (Å²) in [7, 11) is 0. The second kappa shape index (κ2) is 8.24.